The van der Waals surface area contributed by atoms with E-state index in [9.17, 15) is 0 Å². The molecule has 0 saturated heterocycles. The van der Waals surface area contributed by atoms with Gasteiger partial charge in [0.05, 0.1) is 0 Å². The predicted octanol–water partition coefficient (Wildman–Crippen LogP) is 3.69. The Morgan fingerprint density at radius 1 is 1.17 bits per heavy atom. The van der Waals surface area contributed by atoms with Gasteiger partial charge in [0.15, 0.2) is 0 Å². The number of anilines is 1. The molecule has 7 heteroatoms. The molecule has 0 aliphatic heterocycles. The molecule has 1 atom stereocenters. The Hall–Kier alpha value is -2.80. The molecule has 1 unspecified atom stereocenters. The summed E-state index contributed by atoms with van der Waals surface area (Å²) in [7, 11) is 0. The summed E-state index contributed by atoms with van der Waals surface area (Å²) in [5.41, 5.74) is 2.85. The van der Waals surface area contributed by atoms with Crippen LogP contribution in [0.5, 0.6) is 0 Å². The first-order valence-electron chi connectivity index (χ1n) is 7.72. The Labute approximate surface area is 143 Å². The fraction of sp³-hybridized carbons (Fsp3) is 0.176. The number of hydrogen-bond donors (Lipinski definition) is 2. The van der Waals surface area contributed by atoms with E-state index in [1.807, 2.05) is 36.5 Å². The van der Waals surface area contributed by atoms with Crippen molar-refractivity contribution >= 4 is 27.6 Å². The molecule has 6 nitrogen and oxygen atoms in total. The number of imidazole rings is 1. The summed E-state index contributed by atoms with van der Waals surface area (Å²) in [6.07, 6.45) is 5.19. The third kappa shape index (κ3) is 2.74. The number of aromatic amines is 1. The molecule has 0 amide bonds. The fourth-order valence-electron chi connectivity index (χ4n) is 2.57. The highest BCUT2D eigenvalue weighted by Crippen LogP contribution is 2.32. The van der Waals surface area contributed by atoms with E-state index in [2.05, 4.69) is 36.5 Å². The van der Waals surface area contributed by atoms with Crippen LogP contribution >= 0.6 is 11.5 Å². The first kappa shape index (κ1) is 14.8. The normalized spacial score (nSPS) is 12.4. The first-order valence-corrected chi connectivity index (χ1v) is 8.49. The van der Waals surface area contributed by atoms with Gasteiger partial charge in [-0.2, -0.15) is 4.37 Å². The predicted molar refractivity (Wildman–Crippen MR) is 96.1 cm³/mol. The third-order valence-corrected chi connectivity index (χ3v) is 4.71. The molecule has 0 aliphatic rings. The summed E-state index contributed by atoms with van der Waals surface area (Å²) in [5.74, 6) is 2.03. The van der Waals surface area contributed by atoms with Crippen LogP contribution in [0.25, 0.3) is 21.5 Å². The van der Waals surface area contributed by atoms with Crippen LogP contribution in [0.1, 0.15) is 18.7 Å². The lowest BCUT2D eigenvalue weighted by Crippen LogP contribution is -2.12. The lowest BCUT2D eigenvalue weighted by Gasteiger charge is -2.11. The summed E-state index contributed by atoms with van der Waals surface area (Å²) in [5, 5.41) is 3.40. The zero-order chi connectivity index (χ0) is 16.4. The van der Waals surface area contributed by atoms with Crippen molar-refractivity contribution in [2.24, 2.45) is 0 Å². The van der Waals surface area contributed by atoms with Gasteiger partial charge in [0.25, 0.3) is 0 Å². The molecule has 4 rings (SSSR count). The van der Waals surface area contributed by atoms with Crippen molar-refractivity contribution in [1.29, 1.82) is 0 Å². The summed E-state index contributed by atoms with van der Waals surface area (Å²) >= 11 is 1.42. The van der Waals surface area contributed by atoms with E-state index in [1.165, 1.54) is 11.5 Å². The van der Waals surface area contributed by atoms with Crippen LogP contribution in [0.2, 0.25) is 0 Å². The minimum Gasteiger partial charge on any atom is -0.368 e. The van der Waals surface area contributed by atoms with Crippen LogP contribution in [0.15, 0.2) is 49.1 Å². The SMILES string of the molecule is CC(CNc1ncnc2c(-c3ccccc3)nsc12)c1ncc[nH]1. The average Bonchev–Trinajstić information content (AvgIpc) is 3.30. The summed E-state index contributed by atoms with van der Waals surface area (Å²) in [6, 6.07) is 10.1. The van der Waals surface area contributed by atoms with Crippen molar-refractivity contribution in [2.45, 2.75) is 12.8 Å². The Morgan fingerprint density at radius 3 is 2.83 bits per heavy atom. The van der Waals surface area contributed by atoms with Gasteiger partial charge in [0.2, 0.25) is 0 Å². The third-order valence-electron chi connectivity index (χ3n) is 3.87. The van der Waals surface area contributed by atoms with E-state index in [-0.39, 0.29) is 5.92 Å². The standard InChI is InChI=1S/C17H16N6S/c1-11(16-18-7-8-19-16)9-20-17-15-14(21-10-22-17)13(23-24-15)12-5-3-2-4-6-12/h2-8,10-11H,9H2,1H3,(H,18,19)(H,20,21,22). The zero-order valence-corrected chi connectivity index (χ0v) is 13.9. The van der Waals surface area contributed by atoms with Crippen LogP contribution in [0.3, 0.4) is 0 Å². The molecular formula is C17H16N6S. The topological polar surface area (TPSA) is 79.4 Å². The number of benzene rings is 1. The number of nitrogens with one attached hydrogen (secondary N) is 2. The molecule has 2 N–H and O–H groups in total. The molecule has 0 saturated carbocycles. The van der Waals surface area contributed by atoms with Gasteiger partial charge in [-0.15, -0.1) is 0 Å². The molecule has 4 aromatic rings. The van der Waals surface area contributed by atoms with Gasteiger partial charge in [0.1, 0.15) is 33.9 Å². The minimum absolute atomic E-state index is 0.256. The highest BCUT2D eigenvalue weighted by atomic mass is 32.1. The van der Waals surface area contributed by atoms with Crippen molar-refractivity contribution in [3.63, 3.8) is 0 Å². The van der Waals surface area contributed by atoms with Gasteiger partial charge in [-0.1, -0.05) is 37.3 Å². The van der Waals surface area contributed by atoms with E-state index in [0.29, 0.717) is 0 Å². The second-order valence-corrected chi connectivity index (χ2v) is 6.33. The van der Waals surface area contributed by atoms with Crippen molar-refractivity contribution in [3.8, 4) is 11.3 Å². The number of hydrogen-bond acceptors (Lipinski definition) is 6. The van der Waals surface area contributed by atoms with Gasteiger partial charge >= 0.3 is 0 Å². The highest BCUT2D eigenvalue weighted by Gasteiger charge is 2.15. The molecule has 24 heavy (non-hydrogen) atoms. The maximum atomic E-state index is 4.58. The molecule has 3 heterocycles. The van der Waals surface area contributed by atoms with Gasteiger partial charge < -0.3 is 10.3 Å². The van der Waals surface area contributed by atoms with E-state index >= 15 is 0 Å². The second-order valence-electron chi connectivity index (χ2n) is 5.55. The molecule has 3 aromatic heterocycles. The number of H-pyrrole nitrogens is 1. The maximum Gasteiger partial charge on any atom is 0.149 e. The number of nitrogens with zero attached hydrogens (tertiary/aromatic N) is 4. The van der Waals surface area contributed by atoms with Crippen molar-refractivity contribution in [1.82, 2.24) is 24.3 Å². The van der Waals surface area contributed by atoms with Crippen LogP contribution in [0, 0.1) is 0 Å². The Bertz CT molecular complexity index is 932. The molecule has 0 fully saturated rings. The highest BCUT2D eigenvalue weighted by molar-refractivity contribution is 7.14. The van der Waals surface area contributed by atoms with E-state index in [0.717, 1.165) is 39.7 Å². The fourth-order valence-corrected chi connectivity index (χ4v) is 3.39. The average molecular weight is 336 g/mol. The molecule has 0 bridgehead atoms. The smallest absolute Gasteiger partial charge is 0.149 e. The molecule has 0 spiro atoms. The maximum absolute atomic E-state index is 4.58. The zero-order valence-electron chi connectivity index (χ0n) is 13.1. The lowest BCUT2D eigenvalue weighted by molar-refractivity contribution is 0.747. The van der Waals surface area contributed by atoms with Gasteiger partial charge in [-0.3, -0.25) is 0 Å². The first-order chi connectivity index (χ1) is 11.8. The van der Waals surface area contributed by atoms with Gasteiger partial charge in [0, 0.05) is 30.4 Å². The van der Waals surface area contributed by atoms with Crippen LogP contribution < -0.4 is 5.32 Å². The molecular weight excluding hydrogens is 320 g/mol. The van der Waals surface area contributed by atoms with Gasteiger partial charge in [-0.05, 0) is 11.5 Å². The van der Waals surface area contributed by atoms with Crippen molar-refractivity contribution in [2.75, 3.05) is 11.9 Å². The quantitative estimate of drug-likeness (QED) is 0.581. The molecule has 1 aromatic carbocycles. The second kappa shape index (κ2) is 6.37. The number of fused-ring (bicyclic) bond motifs is 1. The van der Waals surface area contributed by atoms with Crippen LogP contribution in [-0.4, -0.2) is 30.9 Å². The molecule has 120 valence electrons. The lowest BCUT2D eigenvalue weighted by atomic mass is 10.1. The van der Waals surface area contributed by atoms with E-state index in [4.69, 9.17) is 0 Å². The largest absolute Gasteiger partial charge is 0.368 e. The van der Waals surface area contributed by atoms with Crippen molar-refractivity contribution < 1.29 is 0 Å². The molecule has 0 aliphatic carbocycles. The Kier molecular flexibility index (Phi) is 3.92. The van der Waals surface area contributed by atoms with E-state index < -0.39 is 0 Å². The monoisotopic (exact) mass is 336 g/mol. The Morgan fingerprint density at radius 2 is 2.04 bits per heavy atom. The summed E-state index contributed by atoms with van der Waals surface area (Å²) in [6.45, 7) is 2.85. The summed E-state index contributed by atoms with van der Waals surface area (Å²) < 4.78 is 5.56. The summed E-state index contributed by atoms with van der Waals surface area (Å²) in [4.78, 5) is 16.3. The number of aromatic nitrogens is 5. The minimum atomic E-state index is 0.256. The molecule has 0 radical (unpaired) electrons. The number of rotatable bonds is 5. The Balaban J connectivity index is 1.62. The van der Waals surface area contributed by atoms with Gasteiger partial charge in [-0.25, -0.2) is 15.0 Å². The van der Waals surface area contributed by atoms with Crippen LogP contribution in [-0.2, 0) is 0 Å². The van der Waals surface area contributed by atoms with Crippen molar-refractivity contribution in [3.05, 3.63) is 54.9 Å². The van der Waals surface area contributed by atoms with Crippen LogP contribution in [0.4, 0.5) is 5.82 Å². The van der Waals surface area contributed by atoms with E-state index in [1.54, 1.807) is 12.5 Å².